The average molecular weight is 229 g/mol. The number of aliphatic hydroxyl groups is 3. The average Bonchev–Trinajstić information content (AvgIpc) is 2.41. The Morgan fingerprint density at radius 3 is 2.64 bits per heavy atom. The van der Waals surface area contributed by atoms with Gasteiger partial charge in [-0.15, -0.1) is 11.3 Å². The third kappa shape index (κ3) is 1.58. The molecule has 0 bridgehead atoms. The van der Waals surface area contributed by atoms with Gasteiger partial charge in [-0.05, 0) is 24.4 Å². The summed E-state index contributed by atoms with van der Waals surface area (Å²) >= 11 is 6.22. The van der Waals surface area contributed by atoms with Crippen LogP contribution in [0.5, 0.6) is 0 Å². The quantitative estimate of drug-likeness (QED) is 0.435. The number of hydrogen-bond donors (Lipinski definition) is 4. The highest BCUT2D eigenvalue weighted by Gasteiger charge is 2.24. The van der Waals surface area contributed by atoms with Gasteiger partial charge in [0.1, 0.15) is 0 Å². The normalized spacial score (nSPS) is 12.2. The number of para-hydroxylation sites is 1. The Morgan fingerprint density at radius 1 is 1.29 bits per heavy atom. The van der Waals surface area contributed by atoms with E-state index in [9.17, 15) is 0 Å². The molecule has 0 aliphatic heterocycles. The van der Waals surface area contributed by atoms with Crippen LogP contribution in [0.15, 0.2) is 18.2 Å². The Morgan fingerprint density at radius 2 is 2.00 bits per heavy atom. The van der Waals surface area contributed by atoms with Crippen LogP contribution in [-0.4, -0.2) is 20.3 Å². The molecule has 0 radical (unpaired) electrons. The highest BCUT2D eigenvalue weighted by atomic mass is 32.1. The minimum absolute atomic E-state index is 0.00218. The van der Waals surface area contributed by atoms with E-state index in [0.717, 1.165) is 4.70 Å². The number of aromatic amines is 1. The van der Waals surface area contributed by atoms with Crippen molar-refractivity contribution in [1.82, 2.24) is 4.98 Å². The van der Waals surface area contributed by atoms with Gasteiger partial charge < -0.3 is 20.3 Å². The molecular weight excluding hydrogens is 222 g/mol. The van der Waals surface area contributed by atoms with E-state index in [1.807, 2.05) is 0 Å². The fourth-order valence-corrected chi connectivity index (χ4v) is 2.39. The third-order valence-electron chi connectivity index (χ3n) is 1.82. The van der Waals surface area contributed by atoms with E-state index in [-0.39, 0.29) is 5.56 Å². The second kappa shape index (κ2) is 3.11. The predicted octanol–water partition coefficient (Wildman–Crippen LogP) is 1.05. The lowest BCUT2D eigenvalue weighted by atomic mass is 10.1. The summed E-state index contributed by atoms with van der Waals surface area (Å²) in [4.78, 5) is 2.79. The topological polar surface area (TPSA) is 76.5 Å². The molecule has 2 rings (SSSR count). The van der Waals surface area contributed by atoms with Crippen molar-refractivity contribution in [3.8, 4) is 0 Å². The molecule has 0 saturated carbocycles. The summed E-state index contributed by atoms with van der Waals surface area (Å²) < 4.78 is 1.30. The van der Waals surface area contributed by atoms with E-state index < -0.39 is 5.97 Å². The molecule has 0 aliphatic rings. The highest BCUT2D eigenvalue weighted by molar-refractivity contribution is 7.73. The number of nitrogens with one attached hydrogen (secondary N) is 1. The number of hydrogen-bond acceptors (Lipinski definition) is 5. The summed E-state index contributed by atoms with van der Waals surface area (Å²) in [5, 5.41) is 27.2. The first kappa shape index (κ1) is 9.75. The molecule has 6 heteroatoms. The first-order valence-electron chi connectivity index (χ1n) is 3.78. The van der Waals surface area contributed by atoms with Gasteiger partial charge in [-0.2, -0.15) is 0 Å². The molecule has 0 fully saturated rings. The van der Waals surface area contributed by atoms with E-state index in [1.54, 1.807) is 12.1 Å². The van der Waals surface area contributed by atoms with E-state index >= 15 is 0 Å². The Hall–Kier alpha value is -0.790. The molecular formula is C8H7NO3S2. The maximum atomic E-state index is 9.06. The van der Waals surface area contributed by atoms with Gasteiger partial charge in [0.05, 0.1) is 15.8 Å². The summed E-state index contributed by atoms with van der Waals surface area (Å²) in [6, 6.07) is 4.82. The standard InChI is InChI=1S/C8H7NO3S2/c10-8(11,12)4-2-1-3-5-6(4)9-7(13)14-5/h1-3,10-12H,(H,9,13). The summed E-state index contributed by atoms with van der Waals surface area (Å²) in [6.45, 7) is 0. The zero-order chi connectivity index (χ0) is 10.3. The molecule has 1 aromatic carbocycles. The van der Waals surface area contributed by atoms with Crippen LogP contribution in [-0.2, 0) is 5.97 Å². The van der Waals surface area contributed by atoms with Crippen LogP contribution in [0.25, 0.3) is 10.2 Å². The summed E-state index contributed by atoms with van der Waals surface area (Å²) in [7, 11) is 0. The van der Waals surface area contributed by atoms with Crippen LogP contribution >= 0.6 is 23.6 Å². The largest absolute Gasteiger partial charge is 0.340 e. The molecule has 4 N–H and O–H groups in total. The molecule has 74 valence electrons. The minimum atomic E-state index is -2.83. The summed E-state index contributed by atoms with van der Waals surface area (Å²) in [5.74, 6) is -2.83. The van der Waals surface area contributed by atoms with Crippen molar-refractivity contribution in [2.24, 2.45) is 0 Å². The van der Waals surface area contributed by atoms with E-state index in [1.165, 1.54) is 17.4 Å². The first-order chi connectivity index (χ1) is 6.48. The molecule has 0 atom stereocenters. The fraction of sp³-hybridized carbons (Fsp3) is 0.125. The van der Waals surface area contributed by atoms with Gasteiger partial charge >= 0.3 is 5.97 Å². The Bertz CT molecular complexity index is 523. The number of rotatable bonds is 1. The van der Waals surface area contributed by atoms with Gasteiger partial charge in [0, 0.05) is 0 Å². The molecule has 0 unspecified atom stereocenters. The van der Waals surface area contributed by atoms with Crippen LogP contribution in [0.2, 0.25) is 0 Å². The first-order valence-corrected chi connectivity index (χ1v) is 5.00. The summed E-state index contributed by atoms with van der Waals surface area (Å²) in [6.07, 6.45) is 0. The van der Waals surface area contributed by atoms with Gasteiger partial charge in [0.2, 0.25) is 0 Å². The minimum Gasteiger partial charge on any atom is -0.340 e. The van der Waals surface area contributed by atoms with E-state index in [2.05, 4.69) is 4.98 Å². The molecule has 0 spiro atoms. The number of benzene rings is 1. The highest BCUT2D eigenvalue weighted by Crippen LogP contribution is 2.27. The third-order valence-corrected chi connectivity index (χ3v) is 3.02. The monoisotopic (exact) mass is 229 g/mol. The van der Waals surface area contributed by atoms with Crippen LogP contribution < -0.4 is 0 Å². The van der Waals surface area contributed by atoms with Gasteiger partial charge in [-0.3, -0.25) is 0 Å². The molecule has 0 aliphatic carbocycles. The number of fused-ring (bicyclic) bond motifs is 1. The van der Waals surface area contributed by atoms with Crippen LogP contribution in [0.4, 0.5) is 0 Å². The zero-order valence-corrected chi connectivity index (χ0v) is 8.52. The van der Waals surface area contributed by atoms with Crippen molar-refractivity contribution >= 4 is 33.8 Å². The van der Waals surface area contributed by atoms with E-state index in [4.69, 9.17) is 27.5 Å². The molecule has 1 aromatic heterocycles. The van der Waals surface area contributed by atoms with Crippen LogP contribution in [0.3, 0.4) is 0 Å². The maximum Gasteiger partial charge on any atom is 0.306 e. The number of aromatic nitrogens is 1. The van der Waals surface area contributed by atoms with Gasteiger partial charge in [-0.1, -0.05) is 6.07 Å². The van der Waals surface area contributed by atoms with Crippen molar-refractivity contribution in [2.75, 3.05) is 0 Å². The molecule has 1 heterocycles. The Balaban J connectivity index is 2.83. The molecule has 14 heavy (non-hydrogen) atoms. The smallest absolute Gasteiger partial charge is 0.306 e. The number of H-pyrrole nitrogens is 1. The second-order valence-corrected chi connectivity index (χ2v) is 4.55. The van der Waals surface area contributed by atoms with Gasteiger partial charge in [0.15, 0.2) is 3.95 Å². The predicted molar refractivity (Wildman–Crippen MR) is 55.3 cm³/mol. The number of thiazole rings is 1. The maximum absolute atomic E-state index is 9.06. The summed E-state index contributed by atoms with van der Waals surface area (Å²) in [5.41, 5.74) is 0.456. The van der Waals surface area contributed by atoms with Crippen LogP contribution in [0, 0.1) is 3.95 Å². The van der Waals surface area contributed by atoms with Gasteiger partial charge in [0.25, 0.3) is 0 Å². The van der Waals surface area contributed by atoms with Crippen molar-refractivity contribution in [1.29, 1.82) is 0 Å². The Kier molecular flexibility index (Phi) is 2.17. The van der Waals surface area contributed by atoms with Crippen LogP contribution in [0.1, 0.15) is 5.56 Å². The molecule has 4 nitrogen and oxygen atoms in total. The molecule has 0 amide bonds. The van der Waals surface area contributed by atoms with Crippen molar-refractivity contribution in [3.05, 3.63) is 27.7 Å². The Labute approximate surface area is 88.1 Å². The van der Waals surface area contributed by atoms with Crippen molar-refractivity contribution < 1.29 is 15.3 Å². The lowest BCUT2D eigenvalue weighted by Crippen LogP contribution is -2.24. The van der Waals surface area contributed by atoms with E-state index in [0.29, 0.717) is 9.47 Å². The van der Waals surface area contributed by atoms with Crippen molar-refractivity contribution in [3.63, 3.8) is 0 Å². The lowest BCUT2D eigenvalue weighted by Gasteiger charge is -2.14. The molecule has 0 saturated heterocycles. The van der Waals surface area contributed by atoms with Gasteiger partial charge in [-0.25, -0.2) is 0 Å². The second-order valence-electron chi connectivity index (χ2n) is 2.83. The fourth-order valence-electron chi connectivity index (χ4n) is 1.25. The SMILES string of the molecule is OC(O)(O)c1cccc2sc(=S)[nH]c12. The molecule has 2 aromatic rings. The zero-order valence-electron chi connectivity index (χ0n) is 6.89. The lowest BCUT2D eigenvalue weighted by molar-refractivity contribution is -0.323. The van der Waals surface area contributed by atoms with Crippen molar-refractivity contribution in [2.45, 2.75) is 5.97 Å².